The first-order valence-corrected chi connectivity index (χ1v) is 8.46. The maximum Gasteiger partial charge on any atom is 0.416 e. The monoisotopic (exact) mass is 403 g/mol. The Hall–Kier alpha value is -3.62. The maximum atomic E-state index is 12.8. The second kappa shape index (κ2) is 8.17. The number of carbonyl (C=O) groups is 1. The average Bonchev–Trinajstić information content (AvgIpc) is 2.67. The van der Waals surface area contributed by atoms with Gasteiger partial charge < -0.3 is 15.0 Å². The number of benzene rings is 2. The first-order valence-electron chi connectivity index (χ1n) is 8.46. The number of hydrogen-bond donors (Lipinski definition) is 2. The van der Waals surface area contributed by atoms with E-state index in [0.717, 1.165) is 23.8 Å². The number of hydrogen-bond acceptors (Lipinski definition) is 4. The molecular formula is C20H16F3N3O3. The number of anilines is 1. The van der Waals surface area contributed by atoms with Crippen LogP contribution in [0.15, 0.2) is 59.4 Å². The number of methoxy groups -OCH3 is 1. The maximum absolute atomic E-state index is 12.8. The third-order valence-corrected chi connectivity index (χ3v) is 4.00. The fourth-order valence-corrected chi connectivity index (χ4v) is 2.61. The Bertz CT molecular complexity index is 1080. The molecule has 0 spiro atoms. The lowest BCUT2D eigenvalue weighted by atomic mass is 10.1. The number of alkyl halides is 3. The molecule has 1 heterocycles. The van der Waals surface area contributed by atoms with Gasteiger partial charge in [-0.15, -0.1) is 0 Å². The number of aromatic nitrogens is 2. The van der Waals surface area contributed by atoms with Crippen LogP contribution in [0.2, 0.25) is 0 Å². The van der Waals surface area contributed by atoms with E-state index >= 15 is 0 Å². The highest BCUT2D eigenvalue weighted by Gasteiger charge is 2.30. The molecule has 0 bridgehead atoms. The lowest BCUT2D eigenvalue weighted by Gasteiger charge is -2.10. The van der Waals surface area contributed by atoms with Crippen LogP contribution in [0.5, 0.6) is 5.75 Å². The molecule has 0 radical (unpaired) electrons. The van der Waals surface area contributed by atoms with Gasteiger partial charge in [-0.25, -0.2) is 4.98 Å². The van der Waals surface area contributed by atoms with E-state index in [1.807, 2.05) is 0 Å². The highest BCUT2D eigenvalue weighted by Crippen LogP contribution is 2.30. The van der Waals surface area contributed by atoms with Crippen molar-refractivity contribution >= 4 is 11.6 Å². The quantitative estimate of drug-likeness (QED) is 0.681. The van der Waals surface area contributed by atoms with Crippen molar-refractivity contribution in [3.05, 3.63) is 87.6 Å². The molecule has 150 valence electrons. The summed E-state index contributed by atoms with van der Waals surface area (Å²) in [6.07, 6.45) is -4.28. The lowest BCUT2D eigenvalue weighted by Crippen LogP contribution is -2.20. The summed E-state index contributed by atoms with van der Waals surface area (Å²) >= 11 is 0. The van der Waals surface area contributed by atoms with Crippen LogP contribution in [0.3, 0.4) is 0 Å². The van der Waals surface area contributed by atoms with Crippen LogP contribution in [0.25, 0.3) is 0 Å². The molecule has 9 heteroatoms. The number of nitrogens with zero attached hydrogens (tertiary/aromatic N) is 1. The van der Waals surface area contributed by atoms with E-state index in [1.165, 1.54) is 12.1 Å². The minimum Gasteiger partial charge on any atom is -0.497 e. The first-order chi connectivity index (χ1) is 13.7. The summed E-state index contributed by atoms with van der Waals surface area (Å²) in [6.45, 7) is 0. The minimum atomic E-state index is -4.53. The molecule has 0 aliphatic rings. The molecule has 0 aliphatic heterocycles. The van der Waals surface area contributed by atoms with Crippen LogP contribution < -0.4 is 15.6 Å². The predicted molar refractivity (Wildman–Crippen MR) is 100 cm³/mol. The van der Waals surface area contributed by atoms with Crippen LogP contribution in [0.1, 0.15) is 27.4 Å². The van der Waals surface area contributed by atoms with Gasteiger partial charge in [0, 0.05) is 18.2 Å². The number of aromatic amines is 1. The van der Waals surface area contributed by atoms with Crippen molar-refractivity contribution in [2.45, 2.75) is 12.6 Å². The topological polar surface area (TPSA) is 84.1 Å². The first kappa shape index (κ1) is 20.1. The zero-order valence-electron chi connectivity index (χ0n) is 15.2. The average molecular weight is 403 g/mol. The summed E-state index contributed by atoms with van der Waals surface area (Å²) in [5.74, 6) is 0.132. The molecule has 3 rings (SSSR count). The van der Waals surface area contributed by atoms with E-state index in [1.54, 1.807) is 31.4 Å². The Kier molecular flexibility index (Phi) is 5.67. The number of rotatable bonds is 5. The number of halogens is 3. The van der Waals surface area contributed by atoms with Gasteiger partial charge in [0.25, 0.3) is 11.5 Å². The summed E-state index contributed by atoms with van der Waals surface area (Å²) in [5.41, 5.74) is -0.866. The predicted octanol–water partition coefficient (Wildman–Crippen LogP) is 3.64. The zero-order chi connectivity index (χ0) is 21.0. The SMILES string of the molecule is COc1ccc(Cc2nc(C(=O)Nc3cccc(C(F)(F)F)c3)cc(=O)[nH]2)cc1. The van der Waals surface area contributed by atoms with Crippen molar-refractivity contribution < 1.29 is 22.7 Å². The van der Waals surface area contributed by atoms with Crippen LogP contribution in [-0.4, -0.2) is 23.0 Å². The standard InChI is InChI=1S/C20H16F3N3O3/c1-29-15-7-5-12(6-8-15)9-17-25-16(11-18(27)26-17)19(28)24-14-4-2-3-13(10-14)20(21,22)23/h2-8,10-11H,9H2,1H3,(H,24,28)(H,25,26,27). The van der Waals surface area contributed by atoms with Gasteiger partial charge in [-0.05, 0) is 35.9 Å². The summed E-state index contributed by atoms with van der Waals surface area (Å²) in [5, 5.41) is 2.33. The fourth-order valence-electron chi connectivity index (χ4n) is 2.61. The normalized spacial score (nSPS) is 11.2. The van der Waals surface area contributed by atoms with Gasteiger partial charge in [0.05, 0.1) is 12.7 Å². The van der Waals surface area contributed by atoms with Gasteiger partial charge >= 0.3 is 6.18 Å². The molecule has 0 atom stereocenters. The molecule has 2 N–H and O–H groups in total. The number of H-pyrrole nitrogens is 1. The molecular weight excluding hydrogens is 387 g/mol. The second-order valence-electron chi connectivity index (χ2n) is 6.13. The number of nitrogens with one attached hydrogen (secondary N) is 2. The molecule has 3 aromatic rings. The van der Waals surface area contributed by atoms with E-state index in [9.17, 15) is 22.8 Å². The number of carbonyl (C=O) groups excluding carboxylic acids is 1. The highest BCUT2D eigenvalue weighted by atomic mass is 19.4. The van der Waals surface area contributed by atoms with Crippen molar-refractivity contribution in [2.24, 2.45) is 0 Å². The Balaban J connectivity index is 1.80. The molecule has 0 unspecified atom stereocenters. The Morgan fingerprint density at radius 1 is 1.14 bits per heavy atom. The molecule has 2 aromatic carbocycles. The van der Waals surface area contributed by atoms with Gasteiger partial charge in [0.2, 0.25) is 0 Å². The lowest BCUT2D eigenvalue weighted by molar-refractivity contribution is -0.137. The van der Waals surface area contributed by atoms with Gasteiger partial charge in [-0.1, -0.05) is 18.2 Å². The van der Waals surface area contributed by atoms with Crippen LogP contribution >= 0.6 is 0 Å². The van der Waals surface area contributed by atoms with Gasteiger partial charge in [0.15, 0.2) is 0 Å². The van der Waals surface area contributed by atoms with Gasteiger partial charge in [0.1, 0.15) is 17.3 Å². The Morgan fingerprint density at radius 3 is 2.52 bits per heavy atom. The highest BCUT2D eigenvalue weighted by molar-refractivity contribution is 6.02. The van der Waals surface area contributed by atoms with Crippen molar-refractivity contribution in [3.8, 4) is 5.75 Å². The minimum absolute atomic E-state index is 0.0522. The Labute approximate surface area is 163 Å². The fraction of sp³-hybridized carbons (Fsp3) is 0.150. The van der Waals surface area contributed by atoms with Gasteiger partial charge in [-0.3, -0.25) is 9.59 Å². The molecule has 1 amide bonds. The summed E-state index contributed by atoms with van der Waals surface area (Å²) in [4.78, 5) is 31.0. The van der Waals surface area contributed by atoms with E-state index in [4.69, 9.17) is 4.74 Å². The van der Waals surface area contributed by atoms with E-state index in [-0.39, 0.29) is 23.6 Å². The van der Waals surface area contributed by atoms with Crippen molar-refractivity contribution in [1.29, 1.82) is 0 Å². The van der Waals surface area contributed by atoms with E-state index in [2.05, 4.69) is 15.3 Å². The molecule has 1 aromatic heterocycles. The summed E-state index contributed by atoms with van der Waals surface area (Å²) in [7, 11) is 1.54. The van der Waals surface area contributed by atoms with Crippen molar-refractivity contribution in [2.75, 3.05) is 12.4 Å². The van der Waals surface area contributed by atoms with Crippen LogP contribution in [0, 0.1) is 0 Å². The van der Waals surface area contributed by atoms with Crippen LogP contribution in [0.4, 0.5) is 18.9 Å². The van der Waals surface area contributed by atoms with Crippen molar-refractivity contribution in [1.82, 2.24) is 9.97 Å². The molecule has 6 nitrogen and oxygen atoms in total. The smallest absolute Gasteiger partial charge is 0.416 e. The van der Waals surface area contributed by atoms with E-state index in [0.29, 0.717) is 5.75 Å². The summed E-state index contributed by atoms with van der Waals surface area (Å²) < 4.78 is 43.5. The molecule has 0 fully saturated rings. The molecule has 0 saturated carbocycles. The molecule has 29 heavy (non-hydrogen) atoms. The third-order valence-electron chi connectivity index (χ3n) is 4.00. The summed E-state index contributed by atoms with van der Waals surface area (Å²) in [6, 6.07) is 12.3. The zero-order valence-corrected chi connectivity index (χ0v) is 15.2. The number of amides is 1. The number of ether oxygens (including phenoxy) is 1. The largest absolute Gasteiger partial charge is 0.497 e. The van der Waals surface area contributed by atoms with Crippen LogP contribution in [-0.2, 0) is 12.6 Å². The molecule has 0 saturated heterocycles. The van der Waals surface area contributed by atoms with Crippen molar-refractivity contribution in [3.63, 3.8) is 0 Å². The van der Waals surface area contributed by atoms with Gasteiger partial charge in [-0.2, -0.15) is 13.2 Å². The third kappa shape index (κ3) is 5.22. The van der Waals surface area contributed by atoms with E-state index < -0.39 is 23.2 Å². The molecule has 0 aliphatic carbocycles. The second-order valence-corrected chi connectivity index (χ2v) is 6.13. The Morgan fingerprint density at radius 2 is 1.86 bits per heavy atom.